The Hall–Kier alpha value is -0.0800. The number of hydrogen-bond acceptors (Lipinski definition) is 2. The van der Waals surface area contributed by atoms with Crippen molar-refractivity contribution in [2.24, 2.45) is 23.5 Å². The lowest BCUT2D eigenvalue weighted by molar-refractivity contribution is -0.0990. The van der Waals surface area contributed by atoms with Gasteiger partial charge in [0.2, 0.25) is 0 Å². The molecule has 1 fully saturated rings. The van der Waals surface area contributed by atoms with Gasteiger partial charge >= 0.3 is 0 Å². The molecule has 0 saturated heterocycles. The van der Waals surface area contributed by atoms with Crippen LogP contribution in [-0.2, 0) is 0 Å². The molecule has 13 heavy (non-hydrogen) atoms. The monoisotopic (exact) mass is 185 g/mol. The molecule has 0 heterocycles. The fraction of sp³-hybridized carbons (Fsp3) is 1.00. The Morgan fingerprint density at radius 1 is 1.54 bits per heavy atom. The summed E-state index contributed by atoms with van der Waals surface area (Å²) >= 11 is 0. The van der Waals surface area contributed by atoms with Crippen molar-refractivity contribution in [3.05, 3.63) is 0 Å². The molecular formula is C11H23NO. The molecule has 0 aromatic carbocycles. The fourth-order valence-corrected chi connectivity index (χ4v) is 2.58. The summed E-state index contributed by atoms with van der Waals surface area (Å²) in [7, 11) is 0. The summed E-state index contributed by atoms with van der Waals surface area (Å²) in [5.74, 6) is 1.25. The molecule has 0 radical (unpaired) electrons. The van der Waals surface area contributed by atoms with E-state index < -0.39 is 5.60 Å². The summed E-state index contributed by atoms with van der Waals surface area (Å²) in [5, 5.41) is 10.5. The minimum absolute atomic E-state index is 0.227. The van der Waals surface area contributed by atoms with Crippen molar-refractivity contribution in [1.82, 2.24) is 0 Å². The highest BCUT2D eigenvalue weighted by atomic mass is 16.3. The molecule has 0 aliphatic heterocycles. The molecule has 2 heteroatoms. The normalized spacial score (nSPS) is 43.2. The minimum atomic E-state index is -0.508. The predicted molar refractivity (Wildman–Crippen MR) is 55.3 cm³/mol. The number of nitrogens with two attached hydrogens (primary N) is 1. The molecule has 1 aliphatic rings. The maximum absolute atomic E-state index is 10.5. The van der Waals surface area contributed by atoms with Crippen LogP contribution in [0.25, 0.3) is 0 Å². The number of hydrogen-bond donors (Lipinski definition) is 2. The highest BCUT2D eigenvalue weighted by molar-refractivity contribution is 4.94. The topological polar surface area (TPSA) is 46.2 Å². The van der Waals surface area contributed by atoms with Crippen molar-refractivity contribution >= 4 is 0 Å². The Labute approximate surface area is 81.5 Å². The van der Waals surface area contributed by atoms with Crippen LogP contribution in [0.4, 0.5) is 0 Å². The van der Waals surface area contributed by atoms with Crippen LogP contribution >= 0.6 is 0 Å². The first-order chi connectivity index (χ1) is 6.02. The largest absolute Gasteiger partial charge is 0.389 e. The Balaban J connectivity index is 2.74. The van der Waals surface area contributed by atoms with Crippen molar-refractivity contribution in [1.29, 1.82) is 0 Å². The third-order valence-corrected chi connectivity index (χ3v) is 4.09. The van der Waals surface area contributed by atoms with Crippen molar-refractivity contribution in [2.45, 2.75) is 45.6 Å². The summed E-state index contributed by atoms with van der Waals surface area (Å²) in [4.78, 5) is 0. The second-order valence-electron chi connectivity index (χ2n) is 4.79. The van der Waals surface area contributed by atoms with Gasteiger partial charge in [-0.25, -0.2) is 0 Å². The Kier molecular flexibility index (Phi) is 3.36. The quantitative estimate of drug-likeness (QED) is 0.688. The van der Waals surface area contributed by atoms with Crippen LogP contribution in [0.15, 0.2) is 0 Å². The van der Waals surface area contributed by atoms with Gasteiger partial charge in [0.1, 0.15) is 0 Å². The average molecular weight is 185 g/mol. The van der Waals surface area contributed by atoms with E-state index in [1.54, 1.807) is 0 Å². The maximum atomic E-state index is 10.5. The highest BCUT2D eigenvalue weighted by Gasteiger charge is 2.43. The van der Waals surface area contributed by atoms with Crippen molar-refractivity contribution in [3.63, 3.8) is 0 Å². The molecule has 1 rings (SSSR count). The second-order valence-corrected chi connectivity index (χ2v) is 4.79. The zero-order valence-electron chi connectivity index (χ0n) is 9.09. The first-order valence-corrected chi connectivity index (χ1v) is 5.44. The van der Waals surface area contributed by atoms with E-state index in [2.05, 4.69) is 20.8 Å². The third kappa shape index (κ3) is 1.89. The first kappa shape index (κ1) is 11.0. The van der Waals surface area contributed by atoms with Gasteiger partial charge in [0.05, 0.1) is 5.60 Å². The van der Waals surface area contributed by atoms with E-state index in [9.17, 15) is 5.11 Å². The molecule has 0 aromatic heterocycles. The molecular weight excluding hydrogens is 162 g/mol. The maximum Gasteiger partial charge on any atom is 0.0713 e. The van der Waals surface area contributed by atoms with Crippen LogP contribution in [0.3, 0.4) is 0 Å². The van der Waals surface area contributed by atoms with E-state index in [0.29, 0.717) is 18.4 Å². The summed E-state index contributed by atoms with van der Waals surface area (Å²) in [6.07, 6.45) is 3.32. The minimum Gasteiger partial charge on any atom is -0.389 e. The summed E-state index contributed by atoms with van der Waals surface area (Å²) in [6, 6.07) is 0. The van der Waals surface area contributed by atoms with Crippen LogP contribution in [0.1, 0.15) is 40.0 Å². The summed E-state index contributed by atoms with van der Waals surface area (Å²) < 4.78 is 0. The van der Waals surface area contributed by atoms with E-state index in [0.717, 1.165) is 12.8 Å². The van der Waals surface area contributed by atoms with Crippen LogP contribution in [0, 0.1) is 17.8 Å². The van der Waals surface area contributed by atoms with Gasteiger partial charge in [-0.15, -0.1) is 0 Å². The molecule has 0 aromatic rings. The van der Waals surface area contributed by atoms with Gasteiger partial charge in [-0.1, -0.05) is 33.6 Å². The van der Waals surface area contributed by atoms with Crippen LogP contribution in [-0.4, -0.2) is 17.3 Å². The van der Waals surface area contributed by atoms with Crippen molar-refractivity contribution in [2.75, 3.05) is 6.54 Å². The van der Waals surface area contributed by atoms with Crippen LogP contribution in [0.5, 0.6) is 0 Å². The van der Waals surface area contributed by atoms with Gasteiger partial charge in [-0.2, -0.15) is 0 Å². The van der Waals surface area contributed by atoms with Crippen molar-refractivity contribution in [3.8, 4) is 0 Å². The lowest BCUT2D eigenvalue weighted by Gasteiger charge is -2.45. The first-order valence-electron chi connectivity index (χ1n) is 5.44. The van der Waals surface area contributed by atoms with Gasteiger partial charge in [0, 0.05) is 0 Å². The van der Waals surface area contributed by atoms with Gasteiger partial charge in [-0.3, -0.25) is 0 Å². The van der Waals surface area contributed by atoms with Gasteiger partial charge in [0.25, 0.3) is 0 Å². The summed E-state index contributed by atoms with van der Waals surface area (Å²) in [6.45, 7) is 7.05. The molecule has 1 aliphatic carbocycles. The molecule has 78 valence electrons. The molecule has 4 atom stereocenters. The molecule has 0 bridgehead atoms. The molecule has 1 saturated carbocycles. The SMILES string of the molecule is CC1CCCC(O)(C(C)CN)C1C. The zero-order chi connectivity index (χ0) is 10.1. The Bertz CT molecular complexity index is 171. The van der Waals surface area contributed by atoms with E-state index in [4.69, 9.17) is 5.73 Å². The Morgan fingerprint density at radius 3 is 2.69 bits per heavy atom. The smallest absolute Gasteiger partial charge is 0.0713 e. The average Bonchev–Trinajstić information content (AvgIpc) is 2.13. The molecule has 2 nitrogen and oxygen atoms in total. The zero-order valence-corrected chi connectivity index (χ0v) is 9.09. The van der Waals surface area contributed by atoms with E-state index in [1.165, 1.54) is 6.42 Å². The van der Waals surface area contributed by atoms with Gasteiger partial charge in [-0.05, 0) is 30.7 Å². The molecule has 4 unspecified atom stereocenters. The Morgan fingerprint density at radius 2 is 2.15 bits per heavy atom. The lowest BCUT2D eigenvalue weighted by atomic mass is 9.65. The molecule has 0 spiro atoms. The molecule has 3 N–H and O–H groups in total. The van der Waals surface area contributed by atoms with Gasteiger partial charge in [0.15, 0.2) is 0 Å². The van der Waals surface area contributed by atoms with Gasteiger partial charge < -0.3 is 10.8 Å². The fourth-order valence-electron chi connectivity index (χ4n) is 2.58. The second kappa shape index (κ2) is 3.97. The third-order valence-electron chi connectivity index (χ3n) is 4.09. The summed E-state index contributed by atoms with van der Waals surface area (Å²) in [5.41, 5.74) is 5.13. The van der Waals surface area contributed by atoms with Crippen LogP contribution < -0.4 is 5.73 Å². The highest BCUT2D eigenvalue weighted by Crippen LogP contribution is 2.41. The van der Waals surface area contributed by atoms with Crippen LogP contribution in [0.2, 0.25) is 0 Å². The lowest BCUT2D eigenvalue weighted by Crippen LogP contribution is -2.50. The van der Waals surface area contributed by atoms with E-state index in [1.807, 2.05) is 0 Å². The predicted octanol–water partition coefficient (Wildman–Crippen LogP) is 1.77. The van der Waals surface area contributed by atoms with E-state index in [-0.39, 0.29) is 5.92 Å². The molecule has 0 amide bonds. The van der Waals surface area contributed by atoms with E-state index >= 15 is 0 Å². The number of rotatable bonds is 2. The number of aliphatic hydroxyl groups is 1. The standard InChI is InChI=1S/C11H23NO/c1-8-5-4-6-11(13,10(8)3)9(2)7-12/h8-10,13H,4-7,12H2,1-3H3. The van der Waals surface area contributed by atoms with Crippen molar-refractivity contribution < 1.29 is 5.11 Å².